The second-order valence-electron chi connectivity index (χ2n) is 3.61. The van der Waals surface area contributed by atoms with Crippen LogP contribution < -0.4 is 0 Å². The van der Waals surface area contributed by atoms with Crippen molar-refractivity contribution in [1.29, 1.82) is 0 Å². The molecule has 2 rings (SSSR count). The highest BCUT2D eigenvalue weighted by atomic mass is 32.1. The lowest BCUT2D eigenvalue weighted by molar-refractivity contribution is 1.26. The fraction of sp³-hybridized carbons (Fsp3) is 0.231. The van der Waals surface area contributed by atoms with Crippen molar-refractivity contribution in [3.05, 3.63) is 41.3 Å². The molecule has 0 nitrogen and oxygen atoms in total. The molecule has 0 atom stereocenters. The zero-order valence-corrected chi connectivity index (χ0v) is 9.45. The van der Waals surface area contributed by atoms with E-state index in [9.17, 15) is 0 Å². The standard InChI is InChI=1S/C13H14S/c1-4-10(3)13-8-11-7-9(2)5-6-12(11)14-13/h5-8H,3-4H2,1-2H3. The first-order valence-electron chi connectivity index (χ1n) is 4.89. The first-order valence-corrected chi connectivity index (χ1v) is 5.70. The van der Waals surface area contributed by atoms with Gasteiger partial charge in [-0.05, 0) is 36.4 Å². The van der Waals surface area contributed by atoms with Crippen molar-refractivity contribution in [3.63, 3.8) is 0 Å². The van der Waals surface area contributed by atoms with Gasteiger partial charge in [0.05, 0.1) is 0 Å². The van der Waals surface area contributed by atoms with Crippen LogP contribution in [0.4, 0.5) is 0 Å². The first-order chi connectivity index (χ1) is 6.70. The lowest BCUT2D eigenvalue weighted by atomic mass is 10.1. The van der Waals surface area contributed by atoms with Gasteiger partial charge in [-0.1, -0.05) is 31.2 Å². The highest BCUT2D eigenvalue weighted by molar-refractivity contribution is 7.20. The number of thiophene rings is 1. The van der Waals surface area contributed by atoms with Gasteiger partial charge in [-0.3, -0.25) is 0 Å². The Morgan fingerprint density at radius 3 is 2.86 bits per heavy atom. The van der Waals surface area contributed by atoms with Gasteiger partial charge in [0, 0.05) is 9.58 Å². The van der Waals surface area contributed by atoms with E-state index in [0.717, 1.165) is 6.42 Å². The predicted molar refractivity (Wildman–Crippen MR) is 65.9 cm³/mol. The summed E-state index contributed by atoms with van der Waals surface area (Å²) in [5, 5.41) is 1.35. The van der Waals surface area contributed by atoms with Gasteiger partial charge in [0.2, 0.25) is 0 Å². The predicted octanol–water partition coefficient (Wildman–Crippen LogP) is 4.63. The number of hydrogen-bond donors (Lipinski definition) is 0. The Bertz CT molecular complexity index is 477. The molecular weight excluding hydrogens is 188 g/mol. The summed E-state index contributed by atoms with van der Waals surface area (Å²) in [4.78, 5) is 1.33. The molecule has 0 amide bonds. The summed E-state index contributed by atoms with van der Waals surface area (Å²) in [6.07, 6.45) is 1.03. The Morgan fingerprint density at radius 2 is 2.14 bits per heavy atom. The molecule has 0 saturated heterocycles. The van der Waals surface area contributed by atoms with Gasteiger partial charge in [0.1, 0.15) is 0 Å². The molecule has 0 spiro atoms. The van der Waals surface area contributed by atoms with Crippen LogP contribution in [0.2, 0.25) is 0 Å². The minimum Gasteiger partial charge on any atom is -0.136 e. The molecule has 0 radical (unpaired) electrons. The third kappa shape index (κ3) is 1.60. The van der Waals surface area contributed by atoms with E-state index in [1.807, 2.05) is 11.3 Å². The van der Waals surface area contributed by atoms with Gasteiger partial charge in [0.25, 0.3) is 0 Å². The van der Waals surface area contributed by atoms with E-state index in [2.05, 4.69) is 44.7 Å². The average molecular weight is 202 g/mol. The summed E-state index contributed by atoms with van der Waals surface area (Å²) >= 11 is 1.84. The van der Waals surface area contributed by atoms with Crippen molar-refractivity contribution in [2.24, 2.45) is 0 Å². The maximum absolute atomic E-state index is 4.07. The maximum atomic E-state index is 4.07. The van der Waals surface area contributed by atoms with Gasteiger partial charge < -0.3 is 0 Å². The fourth-order valence-corrected chi connectivity index (χ4v) is 2.59. The molecule has 0 bridgehead atoms. The van der Waals surface area contributed by atoms with Crippen molar-refractivity contribution < 1.29 is 0 Å². The van der Waals surface area contributed by atoms with Crippen LogP contribution in [0.3, 0.4) is 0 Å². The van der Waals surface area contributed by atoms with Crippen LogP contribution in [0.1, 0.15) is 23.8 Å². The molecule has 0 aliphatic heterocycles. The van der Waals surface area contributed by atoms with Crippen LogP contribution in [0.25, 0.3) is 15.7 Å². The summed E-state index contributed by atoms with van der Waals surface area (Å²) in [5.74, 6) is 0. The van der Waals surface area contributed by atoms with Gasteiger partial charge in [0.15, 0.2) is 0 Å². The monoisotopic (exact) mass is 202 g/mol. The Morgan fingerprint density at radius 1 is 1.36 bits per heavy atom. The minimum absolute atomic E-state index is 1.03. The summed E-state index contributed by atoms with van der Waals surface area (Å²) in [6.45, 7) is 8.35. The third-order valence-electron chi connectivity index (χ3n) is 2.45. The number of allylic oxidation sites excluding steroid dienone is 1. The SMILES string of the molecule is C=C(CC)c1cc2cc(C)ccc2s1. The molecule has 0 aliphatic carbocycles. The van der Waals surface area contributed by atoms with Crippen molar-refractivity contribution in [1.82, 2.24) is 0 Å². The van der Waals surface area contributed by atoms with Crippen molar-refractivity contribution in [3.8, 4) is 0 Å². The number of rotatable bonds is 2. The number of aryl methyl sites for hydroxylation is 1. The van der Waals surface area contributed by atoms with E-state index in [4.69, 9.17) is 0 Å². The van der Waals surface area contributed by atoms with E-state index in [1.54, 1.807) is 0 Å². The zero-order chi connectivity index (χ0) is 10.1. The molecule has 1 heteroatoms. The van der Waals surface area contributed by atoms with Crippen LogP contribution in [-0.4, -0.2) is 0 Å². The molecule has 0 unspecified atom stereocenters. The summed E-state index contributed by atoms with van der Waals surface area (Å²) in [7, 11) is 0. The van der Waals surface area contributed by atoms with Crippen LogP contribution >= 0.6 is 11.3 Å². The Balaban J connectivity index is 2.56. The Hall–Kier alpha value is -1.08. The number of benzene rings is 1. The van der Waals surface area contributed by atoms with E-state index in [0.29, 0.717) is 0 Å². The zero-order valence-electron chi connectivity index (χ0n) is 8.63. The molecule has 1 aromatic heterocycles. The highest BCUT2D eigenvalue weighted by Gasteiger charge is 2.03. The second-order valence-corrected chi connectivity index (χ2v) is 4.69. The lowest BCUT2D eigenvalue weighted by Gasteiger charge is -1.93. The largest absolute Gasteiger partial charge is 0.136 e. The quantitative estimate of drug-likeness (QED) is 0.666. The van der Waals surface area contributed by atoms with Gasteiger partial charge in [-0.15, -0.1) is 11.3 Å². The topological polar surface area (TPSA) is 0 Å². The summed E-state index contributed by atoms with van der Waals surface area (Å²) < 4.78 is 1.36. The fourth-order valence-electron chi connectivity index (χ4n) is 1.51. The van der Waals surface area contributed by atoms with Crippen LogP contribution in [0.15, 0.2) is 30.8 Å². The Kier molecular flexibility index (Phi) is 2.42. The van der Waals surface area contributed by atoms with Crippen LogP contribution in [-0.2, 0) is 0 Å². The molecule has 0 N–H and O–H groups in total. The Labute approximate surface area is 88.9 Å². The molecule has 1 heterocycles. The molecule has 1 aromatic carbocycles. The van der Waals surface area contributed by atoms with E-state index < -0.39 is 0 Å². The lowest BCUT2D eigenvalue weighted by Crippen LogP contribution is -1.71. The molecule has 0 fully saturated rings. The highest BCUT2D eigenvalue weighted by Crippen LogP contribution is 2.31. The van der Waals surface area contributed by atoms with Crippen molar-refractivity contribution >= 4 is 27.0 Å². The van der Waals surface area contributed by atoms with Crippen molar-refractivity contribution in [2.75, 3.05) is 0 Å². The molecular formula is C13H14S. The normalized spacial score (nSPS) is 10.7. The average Bonchev–Trinajstić information content (AvgIpc) is 2.59. The van der Waals surface area contributed by atoms with E-state index in [1.165, 1.54) is 26.1 Å². The molecule has 2 aromatic rings. The molecule has 14 heavy (non-hydrogen) atoms. The molecule has 0 saturated carbocycles. The number of fused-ring (bicyclic) bond motifs is 1. The van der Waals surface area contributed by atoms with Crippen LogP contribution in [0, 0.1) is 6.92 Å². The maximum Gasteiger partial charge on any atom is 0.0349 e. The second kappa shape index (κ2) is 3.58. The smallest absolute Gasteiger partial charge is 0.0349 e. The summed E-state index contributed by atoms with van der Waals surface area (Å²) in [6, 6.07) is 8.84. The van der Waals surface area contributed by atoms with Gasteiger partial charge in [-0.2, -0.15) is 0 Å². The third-order valence-corrected chi connectivity index (χ3v) is 3.67. The first kappa shape index (κ1) is 9.47. The van der Waals surface area contributed by atoms with Gasteiger partial charge in [-0.25, -0.2) is 0 Å². The van der Waals surface area contributed by atoms with Crippen molar-refractivity contribution in [2.45, 2.75) is 20.3 Å². The minimum atomic E-state index is 1.03. The van der Waals surface area contributed by atoms with E-state index >= 15 is 0 Å². The van der Waals surface area contributed by atoms with Gasteiger partial charge >= 0.3 is 0 Å². The summed E-state index contributed by atoms with van der Waals surface area (Å²) in [5.41, 5.74) is 2.56. The van der Waals surface area contributed by atoms with Crippen LogP contribution in [0.5, 0.6) is 0 Å². The number of hydrogen-bond acceptors (Lipinski definition) is 1. The molecule has 72 valence electrons. The van der Waals surface area contributed by atoms with E-state index in [-0.39, 0.29) is 0 Å². The molecule has 0 aliphatic rings.